The van der Waals surface area contributed by atoms with Crippen LogP contribution in [0.5, 0.6) is 11.5 Å². The number of fused-ring (bicyclic) bond motifs is 1. The van der Waals surface area contributed by atoms with Gasteiger partial charge in [0, 0.05) is 0 Å². The second-order valence-corrected chi connectivity index (χ2v) is 3.38. The third-order valence-corrected chi connectivity index (χ3v) is 2.32. The van der Waals surface area contributed by atoms with Gasteiger partial charge in [-0.15, -0.1) is 0 Å². The fourth-order valence-corrected chi connectivity index (χ4v) is 1.52. The van der Waals surface area contributed by atoms with Crippen molar-refractivity contribution in [1.82, 2.24) is 0 Å². The number of esters is 1. The van der Waals surface area contributed by atoms with Gasteiger partial charge in [-0.25, -0.2) is 4.79 Å². The van der Waals surface area contributed by atoms with E-state index in [9.17, 15) is 4.79 Å². The number of ether oxygens (including phenoxy) is 2. The molecule has 2 aromatic carbocycles. The van der Waals surface area contributed by atoms with E-state index in [2.05, 4.69) is 0 Å². The van der Waals surface area contributed by atoms with Gasteiger partial charge in [-0.05, 0) is 35.0 Å². The highest BCUT2D eigenvalue weighted by Crippen LogP contribution is 2.24. The van der Waals surface area contributed by atoms with Crippen LogP contribution in [0.15, 0.2) is 36.4 Å². The van der Waals surface area contributed by atoms with Gasteiger partial charge in [-0.2, -0.15) is 5.26 Å². The Hall–Kier alpha value is -2.54. The summed E-state index contributed by atoms with van der Waals surface area (Å²) in [5, 5.41) is 10.2. The number of hydrogen-bond acceptors (Lipinski definition) is 4. The molecule has 0 unspecified atom stereocenters. The molecule has 0 fully saturated rings. The Morgan fingerprint density at radius 3 is 2.29 bits per heavy atom. The lowest BCUT2D eigenvalue weighted by Gasteiger charge is -2.04. The first kappa shape index (κ1) is 11.0. The van der Waals surface area contributed by atoms with E-state index in [4.69, 9.17) is 14.7 Å². The summed E-state index contributed by atoms with van der Waals surface area (Å²) in [5.41, 5.74) is 0. The van der Waals surface area contributed by atoms with Gasteiger partial charge >= 0.3 is 5.97 Å². The van der Waals surface area contributed by atoms with E-state index in [1.54, 1.807) is 25.3 Å². The molecule has 0 aliphatic carbocycles. The molecule has 17 heavy (non-hydrogen) atoms. The van der Waals surface area contributed by atoms with Crippen molar-refractivity contribution in [1.29, 1.82) is 5.26 Å². The lowest BCUT2D eigenvalue weighted by atomic mass is 10.1. The van der Waals surface area contributed by atoms with E-state index in [0.717, 1.165) is 16.5 Å². The summed E-state index contributed by atoms with van der Waals surface area (Å²) in [7, 11) is 1.60. The van der Waals surface area contributed by atoms with Crippen LogP contribution in [0, 0.1) is 11.3 Å². The standard InChI is InChI=1S/C13H9NO3/c1-16-11-4-2-10-7-12(17-13(15)8-14)5-3-9(10)6-11/h2-7H,1H3. The van der Waals surface area contributed by atoms with E-state index in [1.807, 2.05) is 18.2 Å². The quantitative estimate of drug-likeness (QED) is 0.448. The zero-order chi connectivity index (χ0) is 12.3. The number of methoxy groups -OCH3 is 1. The normalized spacial score (nSPS) is 9.65. The van der Waals surface area contributed by atoms with Gasteiger partial charge in [0.2, 0.25) is 0 Å². The number of carbonyl (C=O) groups excluding carboxylic acids is 1. The highest BCUT2D eigenvalue weighted by molar-refractivity contribution is 5.89. The Morgan fingerprint density at radius 2 is 1.71 bits per heavy atom. The number of nitriles is 1. The van der Waals surface area contributed by atoms with Crippen LogP contribution < -0.4 is 9.47 Å². The van der Waals surface area contributed by atoms with Crippen molar-refractivity contribution < 1.29 is 14.3 Å². The molecule has 0 N–H and O–H groups in total. The Bertz CT molecular complexity index is 614. The van der Waals surface area contributed by atoms with Crippen LogP contribution in [0.4, 0.5) is 0 Å². The molecule has 4 nitrogen and oxygen atoms in total. The lowest BCUT2D eigenvalue weighted by Crippen LogP contribution is -2.03. The van der Waals surface area contributed by atoms with Crippen molar-refractivity contribution in [3.8, 4) is 17.6 Å². The molecule has 0 atom stereocenters. The molecule has 2 aromatic rings. The van der Waals surface area contributed by atoms with Crippen molar-refractivity contribution in [2.75, 3.05) is 7.11 Å². The minimum absolute atomic E-state index is 0.356. The molecule has 84 valence electrons. The number of benzene rings is 2. The largest absolute Gasteiger partial charge is 0.497 e. The van der Waals surface area contributed by atoms with Crippen molar-refractivity contribution in [3.63, 3.8) is 0 Å². The molecule has 4 heteroatoms. The first-order chi connectivity index (χ1) is 8.22. The molecule has 0 bridgehead atoms. The van der Waals surface area contributed by atoms with Crippen molar-refractivity contribution in [3.05, 3.63) is 36.4 Å². The van der Waals surface area contributed by atoms with Gasteiger partial charge in [0.05, 0.1) is 7.11 Å². The summed E-state index contributed by atoms with van der Waals surface area (Å²) < 4.78 is 9.90. The van der Waals surface area contributed by atoms with Crippen LogP contribution in [-0.2, 0) is 4.79 Å². The maximum absolute atomic E-state index is 10.8. The number of nitrogens with zero attached hydrogens (tertiary/aromatic N) is 1. The highest BCUT2D eigenvalue weighted by Gasteiger charge is 2.04. The summed E-state index contributed by atoms with van der Waals surface area (Å²) in [4.78, 5) is 10.8. The SMILES string of the molecule is COc1ccc2cc(OC(=O)C#N)ccc2c1. The molecule has 0 aliphatic rings. The minimum Gasteiger partial charge on any atom is -0.497 e. The third kappa shape index (κ3) is 2.34. The molecule has 0 aliphatic heterocycles. The van der Waals surface area contributed by atoms with Crippen molar-refractivity contribution in [2.45, 2.75) is 0 Å². The second-order valence-electron chi connectivity index (χ2n) is 3.38. The third-order valence-electron chi connectivity index (χ3n) is 2.32. The summed E-state index contributed by atoms with van der Waals surface area (Å²) in [5.74, 6) is 0.200. The molecule has 0 saturated heterocycles. The van der Waals surface area contributed by atoms with Crippen LogP contribution in [-0.4, -0.2) is 13.1 Å². The molecule has 0 spiro atoms. The average molecular weight is 227 g/mol. The van der Waals surface area contributed by atoms with Crippen LogP contribution in [0.25, 0.3) is 10.8 Å². The Morgan fingerprint density at radius 1 is 1.12 bits per heavy atom. The number of carbonyl (C=O) groups is 1. The monoisotopic (exact) mass is 227 g/mol. The maximum Gasteiger partial charge on any atom is 0.416 e. The molecule has 0 radical (unpaired) electrons. The van der Waals surface area contributed by atoms with E-state index in [1.165, 1.54) is 6.07 Å². The second kappa shape index (κ2) is 4.54. The van der Waals surface area contributed by atoms with E-state index >= 15 is 0 Å². The van der Waals surface area contributed by atoms with Crippen LogP contribution in [0.2, 0.25) is 0 Å². The maximum atomic E-state index is 10.8. The summed E-state index contributed by atoms with van der Waals surface area (Å²) in [6, 6.07) is 12.1. The minimum atomic E-state index is -0.919. The first-order valence-electron chi connectivity index (χ1n) is 4.92. The first-order valence-corrected chi connectivity index (χ1v) is 4.92. The van der Waals surface area contributed by atoms with Crippen LogP contribution >= 0.6 is 0 Å². The fourth-order valence-electron chi connectivity index (χ4n) is 1.52. The Labute approximate surface area is 98.0 Å². The average Bonchev–Trinajstić information content (AvgIpc) is 2.38. The summed E-state index contributed by atoms with van der Waals surface area (Å²) >= 11 is 0. The molecule has 0 aromatic heterocycles. The van der Waals surface area contributed by atoms with Crippen LogP contribution in [0.1, 0.15) is 0 Å². The molecule has 0 heterocycles. The Kier molecular flexibility index (Phi) is 2.93. The molecular weight excluding hydrogens is 218 g/mol. The predicted molar refractivity (Wildman–Crippen MR) is 61.7 cm³/mol. The predicted octanol–water partition coefficient (Wildman–Crippen LogP) is 2.28. The topological polar surface area (TPSA) is 59.3 Å². The van der Waals surface area contributed by atoms with Crippen LogP contribution in [0.3, 0.4) is 0 Å². The molecule has 2 rings (SSSR count). The zero-order valence-corrected chi connectivity index (χ0v) is 9.14. The van der Waals surface area contributed by atoms with Gasteiger partial charge < -0.3 is 9.47 Å². The van der Waals surface area contributed by atoms with Crippen molar-refractivity contribution >= 4 is 16.7 Å². The highest BCUT2D eigenvalue weighted by atomic mass is 16.5. The van der Waals surface area contributed by atoms with Gasteiger partial charge in [0.15, 0.2) is 6.07 Å². The van der Waals surface area contributed by atoms with Gasteiger partial charge in [0.25, 0.3) is 0 Å². The number of hydrogen-bond donors (Lipinski definition) is 0. The van der Waals surface area contributed by atoms with Gasteiger partial charge in [0.1, 0.15) is 11.5 Å². The number of rotatable bonds is 2. The lowest BCUT2D eigenvalue weighted by molar-refractivity contribution is -0.128. The summed E-state index contributed by atoms with van der Waals surface area (Å²) in [6.07, 6.45) is 0. The van der Waals surface area contributed by atoms with Crippen molar-refractivity contribution in [2.24, 2.45) is 0 Å². The van der Waals surface area contributed by atoms with Gasteiger partial charge in [-0.3, -0.25) is 0 Å². The Balaban J connectivity index is 2.38. The zero-order valence-electron chi connectivity index (χ0n) is 9.14. The molecule has 0 amide bonds. The van der Waals surface area contributed by atoms with E-state index in [0.29, 0.717) is 5.75 Å². The summed E-state index contributed by atoms with van der Waals surface area (Å²) in [6.45, 7) is 0. The smallest absolute Gasteiger partial charge is 0.416 e. The van der Waals surface area contributed by atoms with Gasteiger partial charge in [-0.1, -0.05) is 12.1 Å². The molecule has 0 saturated carbocycles. The fraction of sp³-hybridized carbons (Fsp3) is 0.0769. The molecular formula is C13H9NO3. The van der Waals surface area contributed by atoms with E-state index in [-0.39, 0.29) is 0 Å². The van der Waals surface area contributed by atoms with E-state index < -0.39 is 5.97 Å².